The van der Waals surface area contributed by atoms with Crippen molar-refractivity contribution in [3.63, 3.8) is 0 Å². The van der Waals surface area contributed by atoms with Crippen molar-refractivity contribution < 1.29 is 0 Å². The summed E-state index contributed by atoms with van der Waals surface area (Å²) in [5.41, 5.74) is 1.30. The minimum absolute atomic E-state index is 0.826. The molecule has 1 saturated heterocycles. The number of aryl methyl sites for hydroxylation is 1. The number of nitrogens with one attached hydrogen (secondary N) is 1. The minimum Gasteiger partial charge on any atom is -0.368 e. The first kappa shape index (κ1) is 19.2. The molecule has 27 heavy (non-hydrogen) atoms. The maximum atomic E-state index is 4.80. The van der Waals surface area contributed by atoms with Gasteiger partial charge < -0.3 is 19.7 Å². The van der Waals surface area contributed by atoms with Crippen molar-refractivity contribution >= 4 is 11.6 Å². The Bertz CT molecular complexity index is 702. The van der Waals surface area contributed by atoms with Gasteiger partial charge in [0.1, 0.15) is 12.2 Å². The highest BCUT2D eigenvalue weighted by molar-refractivity contribution is 5.80. The van der Waals surface area contributed by atoms with Crippen molar-refractivity contribution in [2.45, 2.75) is 33.2 Å². The zero-order valence-corrected chi connectivity index (χ0v) is 16.5. The number of benzene rings is 1. The van der Waals surface area contributed by atoms with E-state index < -0.39 is 0 Å². The number of piperazine rings is 1. The monoisotopic (exact) mass is 369 g/mol. The summed E-state index contributed by atoms with van der Waals surface area (Å²) >= 11 is 0. The van der Waals surface area contributed by atoms with E-state index in [2.05, 4.69) is 74.1 Å². The van der Waals surface area contributed by atoms with Crippen molar-refractivity contribution in [3.05, 3.63) is 42.5 Å². The van der Waals surface area contributed by atoms with Gasteiger partial charge in [-0.3, -0.25) is 4.99 Å². The van der Waals surface area contributed by atoms with Crippen LogP contribution in [-0.4, -0.2) is 64.9 Å². The van der Waals surface area contributed by atoms with Crippen LogP contribution in [0.1, 0.15) is 26.1 Å². The second kappa shape index (κ2) is 9.94. The van der Waals surface area contributed by atoms with Crippen LogP contribution < -0.4 is 10.2 Å². The van der Waals surface area contributed by atoms with E-state index in [0.717, 1.165) is 70.4 Å². The van der Waals surface area contributed by atoms with E-state index in [-0.39, 0.29) is 0 Å². The fourth-order valence-electron chi connectivity index (χ4n) is 3.33. The van der Waals surface area contributed by atoms with E-state index in [0.29, 0.717) is 0 Å². The summed E-state index contributed by atoms with van der Waals surface area (Å²) in [6.07, 6.45) is 3.76. The molecule has 0 saturated carbocycles. The Balaban J connectivity index is 1.54. The molecule has 1 aromatic heterocycles. The lowest BCUT2D eigenvalue weighted by molar-refractivity contribution is 0.370. The zero-order valence-electron chi connectivity index (χ0n) is 16.5. The van der Waals surface area contributed by atoms with Crippen molar-refractivity contribution in [1.82, 2.24) is 25.0 Å². The van der Waals surface area contributed by atoms with Crippen molar-refractivity contribution in [3.8, 4) is 0 Å². The van der Waals surface area contributed by atoms with Crippen LogP contribution in [-0.2, 0) is 13.0 Å². The van der Waals surface area contributed by atoms with Crippen LogP contribution in [0, 0.1) is 0 Å². The molecule has 0 atom stereocenters. The minimum atomic E-state index is 0.826. The second-order valence-electron chi connectivity index (χ2n) is 6.74. The Labute approximate surface area is 162 Å². The molecule has 1 aliphatic heterocycles. The molecule has 2 heterocycles. The van der Waals surface area contributed by atoms with Crippen LogP contribution in [0.4, 0.5) is 5.69 Å². The highest BCUT2D eigenvalue weighted by Gasteiger charge is 2.19. The molecule has 0 amide bonds. The lowest BCUT2D eigenvalue weighted by Crippen LogP contribution is -2.53. The van der Waals surface area contributed by atoms with Crippen LogP contribution in [0.5, 0.6) is 0 Å². The highest BCUT2D eigenvalue weighted by Crippen LogP contribution is 2.15. The summed E-state index contributed by atoms with van der Waals surface area (Å²) < 4.78 is 2.11. The van der Waals surface area contributed by atoms with E-state index >= 15 is 0 Å². The third kappa shape index (κ3) is 5.21. The fourth-order valence-corrected chi connectivity index (χ4v) is 3.33. The molecule has 3 rings (SSSR count). The van der Waals surface area contributed by atoms with Gasteiger partial charge in [0.05, 0.1) is 0 Å². The third-order valence-electron chi connectivity index (χ3n) is 4.83. The van der Waals surface area contributed by atoms with Gasteiger partial charge in [-0.25, -0.2) is 0 Å². The number of hydrogen-bond acceptors (Lipinski definition) is 4. The average Bonchev–Trinajstić information content (AvgIpc) is 3.19. The molecule has 1 aliphatic rings. The quantitative estimate of drug-likeness (QED) is 0.598. The number of rotatable bonds is 7. The summed E-state index contributed by atoms with van der Waals surface area (Å²) in [4.78, 5) is 9.62. The number of aromatic nitrogens is 3. The Morgan fingerprint density at radius 3 is 2.59 bits per heavy atom. The first-order valence-electron chi connectivity index (χ1n) is 10.0. The summed E-state index contributed by atoms with van der Waals surface area (Å²) in [6, 6.07) is 10.6. The Morgan fingerprint density at radius 2 is 1.89 bits per heavy atom. The summed E-state index contributed by atoms with van der Waals surface area (Å²) in [7, 11) is 0. The molecule has 146 valence electrons. The summed E-state index contributed by atoms with van der Waals surface area (Å²) in [5.74, 6) is 2.05. The predicted molar refractivity (Wildman–Crippen MR) is 110 cm³/mol. The number of para-hydroxylation sites is 1. The molecule has 7 nitrogen and oxygen atoms in total. The van der Waals surface area contributed by atoms with E-state index in [4.69, 9.17) is 4.99 Å². The number of aliphatic imine (C=N–C) groups is 1. The summed E-state index contributed by atoms with van der Waals surface area (Å²) in [6.45, 7) is 10.8. The van der Waals surface area contributed by atoms with Crippen LogP contribution in [0.3, 0.4) is 0 Å². The molecule has 0 radical (unpaired) electrons. The van der Waals surface area contributed by atoms with Gasteiger partial charge in [0.2, 0.25) is 0 Å². The van der Waals surface area contributed by atoms with E-state index in [1.54, 1.807) is 0 Å². The fraction of sp³-hybridized carbons (Fsp3) is 0.550. The molecule has 1 N–H and O–H groups in total. The topological polar surface area (TPSA) is 61.6 Å². The predicted octanol–water partition coefficient (Wildman–Crippen LogP) is 2.02. The van der Waals surface area contributed by atoms with Crippen LogP contribution in [0.2, 0.25) is 0 Å². The molecule has 1 aromatic carbocycles. The smallest absolute Gasteiger partial charge is 0.194 e. The van der Waals surface area contributed by atoms with E-state index in [9.17, 15) is 0 Å². The third-order valence-corrected chi connectivity index (χ3v) is 4.83. The van der Waals surface area contributed by atoms with Crippen molar-refractivity contribution in [2.24, 2.45) is 4.99 Å². The van der Waals surface area contributed by atoms with Gasteiger partial charge in [0.15, 0.2) is 5.96 Å². The number of nitrogens with zero attached hydrogens (tertiary/aromatic N) is 6. The van der Waals surface area contributed by atoms with Gasteiger partial charge in [0, 0.05) is 57.9 Å². The van der Waals surface area contributed by atoms with Crippen LogP contribution >= 0.6 is 0 Å². The molecular formula is C20H31N7. The van der Waals surface area contributed by atoms with Crippen LogP contribution in [0.15, 0.2) is 41.7 Å². The lowest BCUT2D eigenvalue weighted by Gasteiger charge is -2.37. The largest absolute Gasteiger partial charge is 0.368 e. The lowest BCUT2D eigenvalue weighted by atomic mass is 10.2. The molecule has 1 fully saturated rings. The first-order chi connectivity index (χ1) is 13.3. The second-order valence-corrected chi connectivity index (χ2v) is 6.74. The Morgan fingerprint density at radius 1 is 1.11 bits per heavy atom. The van der Waals surface area contributed by atoms with Gasteiger partial charge >= 0.3 is 0 Å². The number of hydrogen-bond donors (Lipinski definition) is 1. The maximum absolute atomic E-state index is 4.80. The van der Waals surface area contributed by atoms with Gasteiger partial charge in [-0.15, -0.1) is 10.2 Å². The molecule has 7 heteroatoms. The molecule has 0 bridgehead atoms. The molecule has 0 aliphatic carbocycles. The van der Waals surface area contributed by atoms with E-state index in [1.165, 1.54) is 5.69 Å². The Kier molecular flexibility index (Phi) is 7.07. The van der Waals surface area contributed by atoms with Gasteiger partial charge in [-0.1, -0.05) is 32.0 Å². The van der Waals surface area contributed by atoms with Crippen molar-refractivity contribution in [1.29, 1.82) is 0 Å². The van der Waals surface area contributed by atoms with Crippen LogP contribution in [0.25, 0.3) is 0 Å². The SMILES string of the molecule is CCCN=C(NCCn1cnnc1CC)N1CCN(c2ccccc2)CC1. The molecule has 0 unspecified atom stereocenters. The average molecular weight is 370 g/mol. The Hall–Kier alpha value is -2.57. The highest BCUT2D eigenvalue weighted by atomic mass is 15.4. The van der Waals surface area contributed by atoms with Gasteiger partial charge in [-0.2, -0.15) is 0 Å². The number of anilines is 1. The van der Waals surface area contributed by atoms with Crippen molar-refractivity contribution in [2.75, 3.05) is 44.2 Å². The standard InChI is InChI=1S/C20H31N7/c1-3-10-21-20(22-11-12-27-17-23-24-19(27)4-2)26-15-13-25(14-16-26)18-8-6-5-7-9-18/h5-9,17H,3-4,10-16H2,1-2H3,(H,21,22). The molecule has 0 spiro atoms. The molecule has 2 aromatic rings. The molecular weight excluding hydrogens is 338 g/mol. The van der Waals surface area contributed by atoms with Gasteiger partial charge in [-0.05, 0) is 18.6 Å². The first-order valence-corrected chi connectivity index (χ1v) is 10.0. The number of guanidine groups is 1. The zero-order chi connectivity index (χ0) is 18.9. The van der Waals surface area contributed by atoms with E-state index in [1.807, 2.05) is 6.33 Å². The normalized spacial score (nSPS) is 15.3. The van der Waals surface area contributed by atoms with Gasteiger partial charge in [0.25, 0.3) is 0 Å². The summed E-state index contributed by atoms with van der Waals surface area (Å²) in [5, 5.41) is 11.7. The maximum Gasteiger partial charge on any atom is 0.194 e.